The molecular weight excluding hydrogens is 134 g/mol. The molecule has 1 aliphatic rings. The predicted octanol–water partition coefficient (Wildman–Crippen LogP) is 2.56. The van der Waals surface area contributed by atoms with E-state index in [1.165, 1.54) is 38.5 Å². The van der Waals surface area contributed by atoms with Gasteiger partial charge in [0.05, 0.1) is 0 Å². The zero-order valence-electron chi connectivity index (χ0n) is 7.90. The highest BCUT2D eigenvalue weighted by atomic mass is 14.9. The molecule has 66 valence electrons. The lowest BCUT2D eigenvalue weighted by Crippen LogP contribution is -2.26. The Labute approximate surface area is 70.6 Å². The van der Waals surface area contributed by atoms with Gasteiger partial charge in [0.15, 0.2) is 0 Å². The van der Waals surface area contributed by atoms with Crippen molar-refractivity contribution < 1.29 is 0 Å². The maximum absolute atomic E-state index is 3.42. The zero-order chi connectivity index (χ0) is 8.10. The maximum atomic E-state index is 3.42. The number of rotatable bonds is 6. The van der Waals surface area contributed by atoms with Crippen LogP contribution < -0.4 is 5.32 Å². The van der Waals surface area contributed by atoms with Crippen LogP contribution in [0.4, 0.5) is 0 Å². The third-order valence-corrected chi connectivity index (χ3v) is 2.68. The Bertz CT molecular complexity index is 97.0. The van der Waals surface area contributed by atoms with Crippen LogP contribution in [0, 0.1) is 5.92 Å². The van der Waals surface area contributed by atoms with Crippen molar-refractivity contribution in [3.8, 4) is 0 Å². The summed E-state index contributed by atoms with van der Waals surface area (Å²) >= 11 is 0. The van der Waals surface area contributed by atoms with Crippen molar-refractivity contribution in [2.24, 2.45) is 5.92 Å². The summed E-state index contributed by atoms with van der Waals surface area (Å²) in [6.45, 7) is 2.27. The van der Waals surface area contributed by atoms with Gasteiger partial charge in [-0.25, -0.2) is 0 Å². The van der Waals surface area contributed by atoms with Gasteiger partial charge in [0.25, 0.3) is 0 Å². The van der Waals surface area contributed by atoms with Crippen LogP contribution in [0.5, 0.6) is 0 Å². The summed E-state index contributed by atoms with van der Waals surface area (Å²) in [6.07, 6.45) is 8.51. The molecular formula is C10H21N. The van der Waals surface area contributed by atoms with Crippen LogP contribution in [0.2, 0.25) is 0 Å². The van der Waals surface area contributed by atoms with Gasteiger partial charge in [-0.05, 0) is 32.2 Å². The molecule has 1 N–H and O–H groups in total. The van der Waals surface area contributed by atoms with Crippen LogP contribution in [0.15, 0.2) is 0 Å². The molecule has 1 unspecified atom stereocenters. The van der Waals surface area contributed by atoms with E-state index in [1.807, 2.05) is 0 Å². The first-order chi connectivity index (χ1) is 5.38. The SMILES string of the molecule is CCCCCC(NC)C1CC1. The van der Waals surface area contributed by atoms with E-state index < -0.39 is 0 Å². The molecule has 0 bridgehead atoms. The lowest BCUT2D eigenvalue weighted by atomic mass is 10.0. The van der Waals surface area contributed by atoms with Crippen molar-refractivity contribution in [2.75, 3.05) is 7.05 Å². The van der Waals surface area contributed by atoms with Crippen molar-refractivity contribution in [3.63, 3.8) is 0 Å². The van der Waals surface area contributed by atoms with E-state index in [0.29, 0.717) is 0 Å². The predicted molar refractivity (Wildman–Crippen MR) is 49.7 cm³/mol. The highest BCUT2D eigenvalue weighted by molar-refractivity contribution is 4.85. The van der Waals surface area contributed by atoms with E-state index in [2.05, 4.69) is 19.3 Å². The molecule has 0 aromatic rings. The second kappa shape index (κ2) is 4.76. The highest BCUT2D eigenvalue weighted by Gasteiger charge is 2.29. The molecule has 1 fully saturated rings. The van der Waals surface area contributed by atoms with Gasteiger partial charge in [0.2, 0.25) is 0 Å². The van der Waals surface area contributed by atoms with Crippen LogP contribution >= 0.6 is 0 Å². The molecule has 0 aromatic heterocycles. The molecule has 11 heavy (non-hydrogen) atoms. The van der Waals surface area contributed by atoms with Crippen LogP contribution in [0.3, 0.4) is 0 Å². The van der Waals surface area contributed by atoms with Crippen molar-refractivity contribution >= 4 is 0 Å². The van der Waals surface area contributed by atoms with E-state index in [4.69, 9.17) is 0 Å². The third kappa shape index (κ3) is 3.24. The first kappa shape index (κ1) is 9.05. The monoisotopic (exact) mass is 155 g/mol. The van der Waals surface area contributed by atoms with E-state index in [0.717, 1.165) is 12.0 Å². The van der Waals surface area contributed by atoms with Crippen molar-refractivity contribution in [1.29, 1.82) is 0 Å². The summed E-state index contributed by atoms with van der Waals surface area (Å²) in [6, 6.07) is 0.835. The Balaban J connectivity index is 2.01. The molecule has 0 amide bonds. The van der Waals surface area contributed by atoms with Crippen molar-refractivity contribution in [2.45, 2.75) is 51.5 Å². The summed E-state index contributed by atoms with van der Waals surface area (Å²) in [5.74, 6) is 1.02. The fraction of sp³-hybridized carbons (Fsp3) is 1.00. The first-order valence-corrected chi connectivity index (χ1v) is 5.05. The molecule has 0 spiro atoms. The van der Waals surface area contributed by atoms with E-state index in [-0.39, 0.29) is 0 Å². The van der Waals surface area contributed by atoms with Crippen LogP contribution in [-0.2, 0) is 0 Å². The van der Waals surface area contributed by atoms with Crippen molar-refractivity contribution in [1.82, 2.24) is 5.32 Å². The first-order valence-electron chi connectivity index (χ1n) is 5.05. The van der Waals surface area contributed by atoms with Crippen LogP contribution in [0.1, 0.15) is 45.4 Å². The number of hydrogen-bond donors (Lipinski definition) is 1. The standard InChI is InChI=1S/C10H21N/c1-3-4-5-6-10(11-2)9-7-8-9/h9-11H,3-8H2,1-2H3. The lowest BCUT2D eigenvalue weighted by Gasteiger charge is -2.14. The molecule has 0 aliphatic heterocycles. The van der Waals surface area contributed by atoms with Gasteiger partial charge >= 0.3 is 0 Å². The summed E-state index contributed by atoms with van der Waals surface area (Å²) in [4.78, 5) is 0. The molecule has 1 saturated carbocycles. The molecule has 1 nitrogen and oxygen atoms in total. The number of nitrogens with one attached hydrogen (secondary N) is 1. The topological polar surface area (TPSA) is 12.0 Å². The maximum Gasteiger partial charge on any atom is 0.00923 e. The second-order valence-corrected chi connectivity index (χ2v) is 3.73. The largest absolute Gasteiger partial charge is 0.317 e. The van der Waals surface area contributed by atoms with E-state index >= 15 is 0 Å². The van der Waals surface area contributed by atoms with Gasteiger partial charge in [-0.3, -0.25) is 0 Å². The average molecular weight is 155 g/mol. The zero-order valence-corrected chi connectivity index (χ0v) is 7.90. The van der Waals surface area contributed by atoms with Crippen LogP contribution in [0.25, 0.3) is 0 Å². The molecule has 0 saturated heterocycles. The summed E-state index contributed by atoms with van der Waals surface area (Å²) in [5.41, 5.74) is 0. The van der Waals surface area contributed by atoms with Gasteiger partial charge in [0.1, 0.15) is 0 Å². The Kier molecular flexibility index (Phi) is 3.92. The Morgan fingerprint density at radius 2 is 2.09 bits per heavy atom. The molecule has 0 heterocycles. The van der Waals surface area contributed by atoms with Gasteiger partial charge in [-0.1, -0.05) is 26.2 Å². The minimum atomic E-state index is 0.835. The number of unbranched alkanes of at least 4 members (excludes halogenated alkanes) is 2. The third-order valence-electron chi connectivity index (χ3n) is 2.68. The highest BCUT2D eigenvalue weighted by Crippen LogP contribution is 2.34. The van der Waals surface area contributed by atoms with Gasteiger partial charge in [-0.15, -0.1) is 0 Å². The van der Waals surface area contributed by atoms with Gasteiger partial charge in [0, 0.05) is 6.04 Å². The molecule has 1 aliphatic carbocycles. The van der Waals surface area contributed by atoms with E-state index in [9.17, 15) is 0 Å². The Hall–Kier alpha value is -0.0400. The summed E-state index contributed by atoms with van der Waals surface area (Å²) in [7, 11) is 2.11. The summed E-state index contributed by atoms with van der Waals surface area (Å²) in [5, 5.41) is 3.42. The normalized spacial score (nSPS) is 20.2. The minimum absolute atomic E-state index is 0.835. The molecule has 1 atom stereocenters. The fourth-order valence-electron chi connectivity index (χ4n) is 1.73. The van der Waals surface area contributed by atoms with Gasteiger partial charge < -0.3 is 5.32 Å². The fourth-order valence-corrected chi connectivity index (χ4v) is 1.73. The quantitative estimate of drug-likeness (QED) is 0.581. The molecule has 0 aromatic carbocycles. The molecule has 1 heteroatoms. The molecule has 0 radical (unpaired) electrons. The van der Waals surface area contributed by atoms with E-state index in [1.54, 1.807) is 0 Å². The van der Waals surface area contributed by atoms with Gasteiger partial charge in [-0.2, -0.15) is 0 Å². The minimum Gasteiger partial charge on any atom is -0.317 e. The average Bonchev–Trinajstić information content (AvgIpc) is 2.81. The lowest BCUT2D eigenvalue weighted by molar-refractivity contribution is 0.448. The van der Waals surface area contributed by atoms with Crippen LogP contribution in [-0.4, -0.2) is 13.1 Å². The Morgan fingerprint density at radius 1 is 1.36 bits per heavy atom. The smallest absolute Gasteiger partial charge is 0.00923 e. The van der Waals surface area contributed by atoms with Crippen molar-refractivity contribution in [3.05, 3.63) is 0 Å². The number of hydrogen-bond acceptors (Lipinski definition) is 1. The molecule has 1 rings (SSSR count). The Morgan fingerprint density at radius 3 is 2.55 bits per heavy atom. The second-order valence-electron chi connectivity index (χ2n) is 3.73. The summed E-state index contributed by atoms with van der Waals surface area (Å²) < 4.78 is 0.